The molecule has 0 saturated carbocycles. The second-order valence-corrected chi connectivity index (χ2v) is 5.15. The molecule has 1 rings (SSSR count). The number of nitrogen functional groups attached to an aromatic ring is 1. The van der Waals surface area contributed by atoms with Gasteiger partial charge in [0.1, 0.15) is 5.69 Å². The molecule has 96 valence electrons. The first-order chi connectivity index (χ1) is 8.15. The van der Waals surface area contributed by atoms with Crippen LogP contribution in [0.25, 0.3) is 0 Å². The number of aromatic nitrogens is 3. The zero-order valence-electron chi connectivity index (χ0n) is 10.6. The van der Waals surface area contributed by atoms with Gasteiger partial charge in [-0.25, -0.2) is 4.68 Å². The number of nitrogens with two attached hydrogens (primary N) is 1. The maximum atomic E-state index is 5.90. The second-order valence-electron chi connectivity index (χ2n) is 3.99. The molecule has 0 fully saturated rings. The Kier molecular flexibility index (Phi) is 5.91. The van der Waals surface area contributed by atoms with Gasteiger partial charge in [-0.15, -0.1) is 10.2 Å². The van der Waals surface area contributed by atoms with E-state index < -0.39 is 0 Å². The molecular formula is C11H20N4S2. The van der Waals surface area contributed by atoms with Gasteiger partial charge in [0, 0.05) is 5.92 Å². The van der Waals surface area contributed by atoms with Crippen molar-refractivity contribution in [3.8, 4) is 0 Å². The SMILES string of the molecule is CCCCC(CC)c1nnc(SC)n(N)c1=S. The lowest BCUT2D eigenvalue weighted by atomic mass is 9.96. The van der Waals surface area contributed by atoms with Crippen LogP contribution in [0.1, 0.15) is 51.1 Å². The summed E-state index contributed by atoms with van der Waals surface area (Å²) in [6, 6.07) is 0. The highest BCUT2D eigenvalue weighted by Crippen LogP contribution is 2.25. The van der Waals surface area contributed by atoms with Crippen molar-refractivity contribution in [2.75, 3.05) is 12.1 Å². The van der Waals surface area contributed by atoms with E-state index in [9.17, 15) is 0 Å². The summed E-state index contributed by atoms with van der Waals surface area (Å²) < 4.78 is 2.09. The fraction of sp³-hybridized carbons (Fsp3) is 0.727. The summed E-state index contributed by atoms with van der Waals surface area (Å²) in [5, 5.41) is 9.03. The van der Waals surface area contributed by atoms with Gasteiger partial charge in [-0.2, -0.15) is 0 Å². The Labute approximate surface area is 112 Å². The van der Waals surface area contributed by atoms with E-state index in [1.54, 1.807) is 0 Å². The molecule has 0 aromatic carbocycles. The molecule has 0 bridgehead atoms. The summed E-state index contributed by atoms with van der Waals surface area (Å²) in [7, 11) is 0. The van der Waals surface area contributed by atoms with E-state index in [1.165, 1.54) is 29.3 Å². The number of unbranched alkanes of at least 4 members (excludes halogenated alkanes) is 1. The number of rotatable bonds is 6. The molecule has 4 nitrogen and oxygen atoms in total. The first kappa shape index (κ1) is 14.4. The molecule has 0 saturated heterocycles. The Bertz CT molecular complexity index is 416. The summed E-state index contributed by atoms with van der Waals surface area (Å²) in [4.78, 5) is 0. The number of nitrogens with zero attached hydrogens (tertiary/aromatic N) is 3. The first-order valence-electron chi connectivity index (χ1n) is 5.94. The third-order valence-electron chi connectivity index (χ3n) is 2.86. The molecule has 0 aliphatic carbocycles. The lowest BCUT2D eigenvalue weighted by Gasteiger charge is -2.15. The van der Waals surface area contributed by atoms with Gasteiger partial charge in [-0.05, 0) is 19.1 Å². The van der Waals surface area contributed by atoms with Crippen LogP contribution in [0.5, 0.6) is 0 Å². The molecule has 0 spiro atoms. The summed E-state index contributed by atoms with van der Waals surface area (Å²) in [6.45, 7) is 4.34. The van der Waals surface area contributed by atoms with Crippen LogP contribution in [0.15, 0.2) is 5.16 Å². The van der Waals surface area contributed by atoms with Crippen molar-refractivity contribution >= 4 is 24.0 Å². The highest BCUT2D eigenvalue weighted by molar-refractivity contribution is 7.98. The van der Waals surface area contributed by atoms with Crippen LogP contribution in [0.4, 0.5) is 0 Å². The molecule has 17 heavy (non-hydrogen) atoms. The van der Waals surface area contributed by atoms with Gasteiger partial charge in [-0.1, -0.05) is 50.7 Å². The van der Waals surface area contributed by atoms with Crippen molar-refractivity contribution in [2.24, 2.45) is 0 Å². The Hall–Kier alpha value is -0.620. The largest absolute Gasteiger partial charge is 0.336 e. The molecule has 1 aromatic heterocycles. The third kappa shape index (κ3) is 3.42. The molecule has 0 aliphatic heterocycles. The van der Waals surface area contributed by atoms with Gasteiger partial charge < -0.3 is 5.84 Å². The van der Waals surface area contributed by atoms with Crippen LogP contribution in [0.2, 0.25) is 0 Å². The van der Waals surface area contributed by atoms with E-state index in [1.807, 2.05) is 6.26 Å². The van der Waals surface area contributed by atoms with Crippen LogP contribution in [-0.2, 0) is 0 Å². The van der Waals surface area contributed by atoms with Crippen molar-refractivity contribution in [2.45, 2.75) is 50.6 Å². The molecular weight excluding hydrogens is 252 g/mol. The average molecular weight is 272 g/mol. The zero-order chi connectivity index (χ0) is 12.8. The lowest BCUT2D eigenvalue weighted by Crippen LogP contribution is -2.19. The minimum Gasteiger partial charge on any atom is -0.336 e. The van der Waals surface area contributed by atoms with Gasteiger partial charge in [-0.3, -0.25) is 0 Å². The molecule has 0 aliphatic rings. The quantitative estimate of drug-likeness (QED) is 0.490. The Balaban J connectivity index is 3.04. The Morgan fingerprint density at radius 3 is 2.65 bits per heavy atom. The average Bonchev–Trinajstić information content (AvgIpc) is 2.35. The van der Waals surface area contributed by atoms with Gasteiger partial charge in [0.15, 0.2) is 4.64 Å². The fourth-order valence-corrected chi connectivity index (χ4v) is 2.54. The molecule has 1 heterocycles. The predicted octanol–water partition coefficient (Wildman–Crippen LogP) is 3.13. The van der Waals surface area contributed by atoms with E-state index in [0.29, 0.717) is 15.7 Å². The van der Waals surface area contributed by atoms with Crippen LogP contribution >= 0.6 is 24.0 Å². The van der Waals surface area contributed by atoms with Crippen molar-refractivity contribution in [1.82, 2.24) is 14.9 Å². The maximum absolute atomic E-state index is 5.90. The Morgan fingerprint density at radius 1 is 1.41 bits per heavy atom. The van der Waals surface area contributed by atoms with Gasteiger partial charge in [0.25, 0.3) is 0 Å². The number of thioether (sulfide) groups is 1. The van der Waals surface area contributed by atoms with Crippen LogP contribution in [-0.4, -0.2) is 21.1 Å². The van der Waals surface area contributed by atoms with Crippen molar-refractivity contribution in [3.63, 3.8) is 0 Å². The van der Waals surface area contributed by atoms with E-state index in [2.05, 4.69) is 24.0 Å². The highest BCUT2D eigenvalue weighted by atomic mass is 32.2. The lowest BCUT2D eigenvalue weighted by molar-refractivity contribution is 0.531. The first-order valence-corrected chi connectivity index (χ1v) is 7.57. The monoisotopic (exact) mass is 272 g/mol. The topological polar surface area (TPSA) is 56.7 Å². The fourth-order valence-electron chi connectivity index (χ4n) is 1.78. The predicted molar refractivity (Wildman–Crippen MR) is 75.3 cm³/mol. The van der Waals surface area contributed by atoms with Crippen LogP contribution in [0.3, 0.4) is 0 Å². The summed E-state index contributed by atoms with van der Waals surface area (Å²) in [5.41, 5.74) is 0.872. The second kappa shape index (κ2) is 6.96. The van der Waals surface area contributed by atoms with E-state index in [0.717, 1.165) is 18.5 Å². The molecule has 0 amide bonds. The minimum atomic E-state index is 0.376. The van der Waals surface area contributed by atoms with Crippen molar-refractivity contribution in [3.05, 3.63) is 10.3 Å². The third-order valence-corrected chi connectivity index (χ3v) is 3.90. The van der Waals surface area contributed by atoms with Crippen molar-refractivity contribution in [1.29, 1.82) is 0 Å². The summed E-state index contributed by atoms with van der Waals surface area (Å²) in [5.74, 6) is 6.28. The normalized spacial score (nSPS) is 12.6. The van der Waals surface area contributed by atoms with Crippen LogP contribution in [0, 0.1) is 4.64 Å². The smallest absolute Gasteiger partial charge is 0.209 e. The van der Waals surface area contributed by atoms with Gasteiger partial charge in [0.2, 0.25) is 5.16 Å². The summed E-state index contributed by atoms with van der Waals surface area (Å²) >= 11 is 6.82. The van der Waals surface area contributed by atoms with E-state index >= 15 is 0 Å². The van der Waals surface area contributed by atoms with Crippen molar-refractivity contribution < 1.29 is 0 Å². The Morgan fingerprint density at radius 2 is 2.12 bits per heavy atom. The molecule has 6 heteroatoms. The minimum absolute atomic E-state index is 0.376. The molecule has 1 aromatic rings. The number of hydrogen-bond donors (Lipinski definition) is 1. The van der Waals surface area contributed by atoms with E-state index in [4.69, 9.17) is 18.1 Å². The molecule has 1 atom stereocenters. The number of hydrogen-bond acceptors (Lipinski definition) is 5. The zero-order valence-corrected chi connectivity index (χ0v) is 12.3. The molecule has 0 radical (unpaired) electrons. The summed E-state index contributed by atoms with van der Waals surface area (Å²) in [6.07, 6.45) is 6.41. The van der Waals surface area contributed by atoms with Gasteiger partial charge in [0.05, 0.1) is 0 Å². The van der Waals surface area contributed by atoms with Crippen LogP contribution < -0.4 is 5.84 Å². The molecule has 1 unspecified atom stereocenters. The van der Waals surface area contributed by atoms with Gasteiger partial charge >= 0.3 is 0 Å². The van der Waals surface area contributed by atoms with E-state index in [-0.39, 0.29) is 0 Å². The molecule has 2 N–H and O–H groups in total. The highest BCUT2D eigenvalue weighted by Gasteiger charge is 2.15. The standard InChI is InChI=1S/C11H20N4S2/c1-4-6-7-8(5-2)9-10(16)15(12)11(17-3)14-13-9/h8H,4-7,12H2,1-3H3. The maximum Gasteiger partial charge on any atom is 0.209 e.